The zero-order valence-corrected chi connectivity index (χ0v) is 8.01. The van der Waals surface area contributed by atoms with Crippen LogP contribution >= 0.6 is 0 Å². The van der Waals surface area contributed by atoms with E-state index in [1.807, 2.05) is 20.3 Å². The van der Waals surface area contributed by atoms with Crippen LogP contribution < -0.4 is 10.6 Å². The molecule has 3 heteroatoms. The van der Waals surface area contributed by atoms with Crippen molar-refractivity contribution in [2.75, 3.05) is 27.2 Å². The number of nitrogens with one attached hydrogen (secondary N) is 2. The molecule has 0 aliphatic carbocycles. The minimum absolute atomic E-state index is 0.601. The summed E-state index contributed by atoms with van der Waals surface area (Å²) in [6, 6.07) is 0.601. The van der Waals surface area contributed by atoms with Gasteiger partial charge in [-0.3, -0.25) is 0 Å². The fourth-order valence-corrected chi connectivity index (χ4v) is 1.79. The molecular weight excluding hydrogens is 150 g/mol. The van der Waals surface area contributed by atoms with E-state index in [1.54, 1.807) is 0 Å². The SMILES string of the molecule is CN=CCC(NC)C1CCNC1. The van der Waals surface area contributed by atoms with Gasteiger partial charge in [0.05, 0.1) is 0 Å². The molecule has 2 unspecified atom stereocenters. The average molecular weight is 169 g/mol. The minimum atomic E-state index is 0.601. The Morgan fingerprint density at radius 3 is 3.08 bits per heavy atom. The monoisotopic (exact) mass is 169 g/mol. The van der Waals surface area contributed by atoms with E-state index in [0.717, 1.165) is 18.9 Å². The standard InChI is InChI=1S/C9H19N3/c1-10-5-4-9(11-2)8-3-6-12-7-8/h5,8-9,11-12H,3-4,6-7H2,1-2H3. The van der Waals surface area contributed by atoms with Crippen molar-refractivity contribution in [3.8, 4) is 0 Å². The Kier molecular flexibility index (Phi) is 4.25. The summed E-state index contributed by atoms with van der Waals surface area (Å²) >= 11 is 0. The smallest absolute Gasteiger partial charge is 0.0273 e. The predicted octanol–water partition coefficient (Wildman–Crippen LogP) is 0.275. The molecule has 0 bridgehead atoms. The Morgan fingerprint density at radius 1 is 1.75 bits per heavy atom. The largest absolute Gasteiger partial charge is 0.316 e. The lowest BCUT2D eigenvalue weighted by Gasteiger charge is -2.20. The van der Waals surface area contributed by atoms with Crippen molar-refractivity contribution in [1.29, 1.82) is 0 Å². The van der Waals surface area contributed by atoms with Gasteiger partial charge in [0.1, 0.15) is 0 Å². The second-order valence-electron chi connectivity index (χ2n) is 3.32. The summed E-state index contributed by atoms with van der Waals surface area (Å²) in [5.74, 6) is 0.785. The molecule has 0 saturated carbocycles. The molecule has 70 valence electrons. The summed E-state index contributed by atoms with van der Waals surface area (Å²) in [6.07, 6.45) is 4.35. The molecule has 0 aromatic rings. The third-order valence-electron chi connectivity index (χ3n) is 2.58. The highest BCUT2D eigenvalue weighted by molar-refractivity contribution is 5.57. The fraction of sp³-hybridized carbons (Fsp3) is 0.889. The van der Waals surface area contributed by atoms with Crippen LogP contribution in [-0.2, 0) is 0 Å². The maximum atomic E-state index is 4.01. The first-order chi connectivity index (χ1) is 5.88. The summed E-state index contributed by atoms with van der Waals surface area (Å²) in [6.45, 7) is 2.33. The van der Waals surface area contributed by atoms with Crippen LogP contribution in [0.5, 0.6) is 0 Å². The molecule has 1 aliphatic heterocycles. The van der Waals surface area contributed by atoms with Crippen molar-refractivity contribution in [2.45, 2.75) is 18.9 Å². The van der Waals surface area contributed by atoms with E-state index in [-0.39, 0.29) is 0 Å². The van der Waals surface area contributed by atoms with Gasteiger partial charge < -0.3 is 15.6 Å². The number of aliphatic imine (C=N–C) groups is 1. The molecule has 1 fully saturated rings. The topological polar surface area (TPSA) is 36.4 Å². The quantitative estimate of drug-likeness (QED) is 0.593. The van der Waals surface area contributed by atoms with Crippen molar-refractivity contribution in [3.63, 3.8) is 0 Å². The molecule has 1 saturated heterocycles. The van der Waals surface area contributed by atoms with E-state index >= 15 is 0 Å². The average Bonchev–Trinajstić information content (AvgIpc) is 2.59. The van der Waals surface area contributed by atoms with Crippen LogP contribution in [0.2, 0.25) is 0 Å². The highest BCUT2D eigenvalue weighted by Crippen LogP contribution is 2.14. The van der Waals surface area contributed by atoms with Gasteiger partial charge in [-0.1, -0.05) is 0 Å². The van der Waals surface area contributed by atoms with Crippen LogP contribution in [0.15, 0.2) is 4.99 Å². The van der Waals surface area contributed by atoms with Gasteiger partial charge in [0, 0.05) is 13.1 Å². The van der Waals surface area contributed by atoms with Gasteiger partial charge in [0.2, 0.25) is 0 Å². The van der Waals surface area contributed by atoms with Crippen molar-refractivity contribution in [1.82, 2.24) is 10.6 Å². The molecule has 2 N–H and O–H groups in total. The fourth-order valence-electron chi connectivity index (χ4n) is 1.79. The van der Waals surface area contributed by atoms with Gasteiger partial charge in [-0.2, -0.15) is 0 Å². The van der Waals surface area contributed by atoms with E-state index in [0.29, 0.717) is 6.04 Å². The Bertz CT molecular complexity index is 139. The van der Waals surface area contributed by atoms with E-state index in [1.165, 1.54) is 13.0 Å². The van der Waals surface area contributed by atoms with Gasteiger partial charge in [-0.15, -0.1) is 0 Å². The highest BCUT2D eigenvalue weighted by atomic mass is 15.0. The van der Waals surface area contributed by atoms with Gasteiger partial charge >= 0.3 is 0 Å². The molecule has 0 aromatic heterocycles. The van der Waals surface area contributed by atoms with E-state index in [2.05, 4.69) is 15.6 Å². The van der Waals surface area contributed by atoms with Gasteiger partial charge in [-0.05, 0) is 45.1 Å². The van der Waals surface area contributed by atoms with Crippen molar-refractivity contribution in [2.24, 2.45) is 10.9 Å². The van der Waals surface area contributed by atoms with Crippen molar-refractivity contribution < 1.29 is 0 Å². The van der Waals surface area contributed by atoms with Gasteiger partial charge in [0.25, 0.3) is 0 Å². The predicted molar refractivity (Wildman–Crippen MR) is 52.9 cm³/mol. The first-order valence-electron chi connectivity index (χ1n) is 4.67. The van der Waals surface area contributed by atoms with E-state index in [4.69, 9.17) is 0 Å². The molecule has 0 aromatic carbocycles. The molecule has 1 heterocycles. The lowest BCUT2D eigenvalue weighted by atomic mass is 9.97. The Labute approximate surface area is 74.6 Å². The van der Waals surface area contributed by atoms with Crippen LogP contribution in [0.3, 0.4) is 0 Å². The third kappa shape index (κ3) is 2.57. The molecule has 1 aliphatic rings. The lowest BCUT2D eigenvalue weighted by Crippen LogP contribution is -2.35. The zero-order chi connectivity index (χ0) is 8.81. The summed E-state index contributed by atoms with van der Waals surface area (Å²) in [5, 5.41) is 6.73. The maximum Gasteiger partial charge on any atom is 0.0273 e. The van der Waals surface area contributed by atoms with Gasteiger partial charge in [-0.25, -0.2) is 0 Å². The number of rotatable bonds is 4. The molecule has 1 rings (SSSR count). The number of hydrogen-bond donors (Lipinski definition) is 2. The third-order valence-corrected chi connectivity index (χ3v) is 2.58. The van der Waals surface area contributed by atoms with Crippen LogP contribution in [0.4, 0.5) is 0 Å². The summed E-state index contributed by atoms with van der Waals surface area (Å²) in [4.78, 5) is 4.01. The van der Waals surface area contributed by atoms with E-state index < -0.39 is 0 Å². The molecule has 12 heavy (non-hydrogen) atoms. The molecule has 0 radical (unpaired) electrons. The summed E-state index contributed by atoms with van der Waals surface area (Å²) in [7, 11) is 3.87. The zero-order valence-electron chi connectivity index (χ0n) is 8.01. The van der Waals surface area contributed by atoms with Crippen LogP contribution in [0.1, 0.15) is 12.8 Å². The Morgan fingerprint density at radius 2 is 2.58 bits per heavy atom. The Balaban J connectivity index is 2.32. The molecule has 0 amide bonds. The normalized spacial score (nSPS) is 26.7. The lowest BCUT2D eigenvalue weighted by molar-refractivity contribution is 0.409. The number of hydrogen-bond acceptors (Lipinski definition) is 3. The summed E-state index contributed by atoms with van der Waals surface area (Å²) in [5.41, 5.74) is 0. The molecule has 3 nitrogen and oxygen atoms in total. The first-order valence-corrected chi connectivity index (χ1v) is 4.67. The molecular formula is C9H19N3. The number of nitrogens with zero attached hydrogens (tertiary/aromatic N) is 1. The van der Waals surface area contributed by atoms with E-state index in [9.17, 15) is 0 Å². The highest BCUT2D eigenvalue weighted by Gasteiger charge is 2.22. The van der Waals surface area contributed by atoms with Crippen LogP contribution in [0.25, 0.3) is 0 Å². The van der Waals surface area contributed by atoms with Crippen LogP contribution in [0, 0.1) is 5.92 Å². The minimum Gasteiger partial charge on any atom is -0.316 e. The van der Waals surface area contributed by atoms with Gasteiger partial charge in [0.15, 0.2) is 0 Å². The van der Waals surface area contributed by atoms with Crippen LogP contribution in [-0.4, -0.2) is 39.4 Å². The second-order valence-corrected chi connectivity index (χ2v) is 3.32. The molecule has 2 atom stereocenters. The second kappa shape index (κ2) is 5.27. The first kappa shape index (κ1) is 9.68. The molecule has 0 spiro atoms. The maximum absolute atomic E-state index is 4.01. The van der Waals surface area contributed by atoms with Crippen molar-refractivity contribution >= 4 is 6.21 Å². The summed E-state index contributed by atoms with van der Waals surface area (Å²) < 4.78 is 0. The Hall–Kier alpha value is -0.410. The van der Waals surface area contributed by atoms with Crippen molar-refractivity contribution in [3.05, 3.63) is 0 Å².